The molecule has 1 spiro atoms. The minimum Gasteiger partial charge on any atom is -0.488 e. The van der Waals surface area contributed by atoms with Crippen LogP contribution in [0.15, 0.2) is 42.5 Å². The molecule has 1 fully saturated rings. The first-order chi connectivity index (χ1) is 13.5. The molecule has 0 aliphatic carbocycles. The number of ether oxygens (including phenoxy) is 2. The van der Waals surface area contributed by atoms with Gasteiger partial charge in [0.25, 0.3) is 5.91 Å². The fraction of sp³-hybridized carbons (Fsp3) is 0.435. The third-order valence-corrected chi connectivity index (χ3v) is 5.65. The molecule has 1 saturated heterocycles. The highest BCUT2D eigenvalue weighted by Gasteiger charge is 2.40. The molecule has 2 aliphatic rings. The van der Waals surface area contributed by atoms with Gasteiger partial charge in [0.15, 0.2) is 11.6 Å². The maximum absolute atomic E-state index is 14.2. The van der Waals surface area contributed by atoms with Gasteiger partial charge in [0, 0.05) is 31.5 Å². The molecule has 0 bridgehead atoms. The lowest BCUT2D eigenvalue weighted by atomic mass is 9.83. The van der Waals surface area contributed by atoms with Gasteiger partial charge < -0.3 is 14.4 Å². The summed E-state index contributed by atoms with van der Waals surface area (Å²) in [6.07, 6.45) is 3.46. The van der Waals surface area contributed by atoms with Gasteiger partial charge in [-0.3, -0.25) is 4.79 Å². The van der Waals surface area contributed by atoms with Crippen LogP contribution in [0, 0.1) is 5.82 Å². The Labute approximate surface area is 165 Å². The predicted molar refractivity (Wildman–Crippen MR) is 105 cm³/mol. The molecule has 1 amide bonds. The predicted octanol–water partition coefficient (Wildman–Crippen LogP) is 4.61. The quantitative estimate of drug-likeness (QED) is 0.777. The standard InChI is InChI=1S/C23H26FNO3/c1-16(2)27-21-8-7-18(15-19(21)24)22(26)25-13-11-23(12-14-25)10-9-17-5-3-4-6-20(17)28-23/h3-8,15-16H,9-14H2,1-2H3. The summed E-state index contributed by atoms with van der Waals surface area (Å²) in [6, 6.07) is 12.6. The summed E-state index contributed by atoms with van der Waals surface area (Å²) in [5.74, 6) is 0.510. The van der Waals surface area contributed by atoms with Gasteiger partial charge in [-0.25, -0.2) is 4.39 Å². The molecule has 148 valence electrons. The number of aryl methyl sites for hydroxylation is 1. The molecule has 4 rings (SSSR count). The molecule has 2 aliphatic heterocycles. The minimum atomic E-state index is -0.500. The van der Waals surface area contributed by atoms with Crippen LogP contribution in [0.3, 0.4) is 0 Å². The Kier molecular flexibility index (Phi) is 5.00. The van der Waals surface area contributed by atoms with Crippen molar-refractivity contribution in [2.45, 2.75) is 51.2 Å². The highest BCUT2D eigenvalue weighted by molar-refractivity contribution is 5.94. The number of fused-ring (bicyclic) bond motifs is 1. The van der Waals surface area contributed by atoms with Crippen molar-refractivity contribution >= 4 is 5.91 Å². The van der Waals surface area contributed by atoms with Gasteiger partial charge in [0.1, 0.15) is 11.4 Å². The smallest absolute Gasteiger partial charge is 0.253 e. The molecule has 2 heterocycles. The second kappa shape index (κ2) is 7.46. The van der Waals surface area contributed by atoms with E-state index in [1.54, 1.807) is 11.0 Å². The van der Waals surface area contributed by atoms with E-state index in [9.17, 15) is 9.18 Å². The molecule has 0 N–H and O–H groups in total. The molecule has 4 nitrogen and oxygen atoms in total. The zero-order chi connectivity index (χ0) is 19.7. The van der Waals surface area contributed by atoms with E-state index in [2.05, 4.69) is 6.07 Å². The molecular weight excluding hydrogens is 357 g/mol. The summed E-state index contributed by atoms with van der Waals surface area (Å²) in [7, 11) is 0. The van der Waals surface area contributed by atoms with Crippen LogP contribution >= 0.6 is 0 Å². The zero-order valence-electron chi connectivity index (χ0n) is 16.4. The number of piperidine rings is 1. The lowest BCUT2D eigenvalue weighted by Crippen LogP contribution is -2.51. The lowest BCUT2D eigenvalue weighted by Gasteiger charge is -2.44. The second-order valence-electron chi connectivity index (χ2n) is 8.00. The summed E-state index contributed by atoms with van der Waals surface area (Å²) in [6.45, 7) is 4.92. The van der Waals surface area contributed by atoms with Gasteiger partial charge in [-0.2, -0.15) is 0 Å². The third kappa shape index (κ3) is 3.71. The molecule has 0 saturated carbocycles. The number of carbonyl (C=O) groups excluding carboxylic acids is 1. The van der Waals surface area contributed by atoms with Crippen LogP contribution in [0.1, 0.15) is 49.0 Å². The average molecular weight is 383 g/mol. The Bertz CT molecular complexity index is 872. The second-order valence-corrected chi connectivity index (χ2v) is 8.00. The van der Waals surface area contributed by atoms with E-state index in [-0.39, 0.29) is 23.4 Å². The van der Waals surface area contributed by atoms with E-state index >= 15 is 0 Å². The Hall–Kier alpha value is -2.56. The van der Waals surface area contributed by atoms with Crippen molar-refractivity contribution in [3.8, 4) is 11.5 Å². The van der Waals surface area contributed by atoms with Crippen LogP contribution in [0.4, 0.5) is 4.39 Å². The molecule has 0 radical (unpaired) electrons. The van der Waals surface area contributed by atoms with Crippen LogP contribution in [-0.2, 0) is 6.42 Å². The van der Waals surface area contributed by atoms with Crippen molar-refractivity contribution in [2.24, 2.45) is 0 Å². The van der Waals surface area contributed by atoms with Crippen LogP contribution in [0.5, 0.6) is 11.5 Å². The normalized spacial score (nSPS) is 17.9. The maximum atomic E-state index is 14.2. The fourth-order valence-electron chi connectivity index (χ4n) is 4.09. The summed E-state index contributed by atoms with van der Waals surface area (Å²) < 4.78 is 26.0. The topological polar surface area (TPSA) is 38.8 Å². The fourth-order valence-corrected chi connectivity index (χ4v) is 4.09. The van der Waals surface area contributed by atoms with E-state index in [0.717, 1.165) is 31.4 Å². The first kappa shape index (κ1) is 18.8. The molecule has 2 aromatic carbocycles. The minimum absolute atomic E-state index is 0.116. The third-order valence-electron chi connectivity index (χ3n) is 5.65. The number of likely N-dealkylation sites (tertiary alicyclic amines) is 1. The molecule has 5 heteroatoms. The Balaban J connectivity index is 1.41. The highest BCUT2D eigenvalue weighted by Crippen LogP contribution is 2.39. The number of hydrogen-bond acceptors (Lipinski definition) is 3. The Morgan fingerprint density at radius 2 is 1.89 bits per heavy atom. The van der Waals surface area contributed by atoms with Gasteiger partial charge in [0.05, 0.1) is 6.10 Å². The van der Waals surface area contributed by atoms with Crippen LogP contribution in [0.2, 0.25) is 0 Å². The van der Waals surface area contributed by atoms with Crippen molar-refractivity contribution in [2.75, 3.05) is 13.1 Å². The van der Waals surface area contributed by atoms with Crippen LogP contribution in [-0.4, -0.2) is 35.6 Å². The highest BCUT2D eigenvalue weighted by atomic mass is 19.1. The number of rotatable bonds is 3. The number of nitrogens with zero attached hydrogens (tertiary/aromatic N) is 1. The van der Waals surface area contributed by atoms with Crippen molar-refractivity contribution in [3.05, 3.63) is 59.4 Å². The maximum Gasteiger partial charge on any atom is 0.253 e. The van der Waals surface area contributed by atoms with Gasteiger partial charge >= 0.3 is 0 Å². The van der Waals surface area contributed by atoms with E-state index in [1.807, 2.05) is 32.0 Å². The molecule has 28 heavy (non-hydrogen) atoms. The monoisotopic (exact) mass is 383 g/mol. The summed E-state index contributed by atoms with van der Waals surface area (Å²) in [5, 5.41) is 0. The largest absolute Gasteiger partial charge is 0.488 e. The zero-order valence-corrected chi connectivity index (χ0v) is 16.4. The van der Waals surface area contributed by atoms with E-state index < -0.39 is 5.82 Å². The molecule has 0 aromatic heterocycles. The first-order valence-corrected chi connectivity index (χ1v) is 9.98. The molecule has 0 atom stereocenters. The van der Waals surface area contributed by atoms with E-state index in [1.165, 1.54) is 17.7 Å². The van der Waals surface area contributed by atoms with Gasteiger partial charge in [-0.15, -0.1) is 0 Å². The van der Waals surface area contributed by atoms with Crippen molar-refractivity contribution in [3.63, 3.8) is 0 Å². The molecule has 0 unspecified atom stereocenters. The molecule has 2 aromatic rings. The summed E-state index contributed by atoms with van der Waals surface area (Å²) >= 11 is 0. The Morgan fingerprint density at radius 3 is 2.61 bits per heavy atom. The first-order valence-electron chi connectivity index (χ1n) is 9.98. The lowest BCUT2D eigenvalue weighted by molar-refractivity contribution is -0.0107. The number of carbonyl (C=O) groups is 1. The van der Waals surface area contributed by atoms with Gasteiger partial charge in [0.2, 0.25) is 0 Å². The van der Waals surface area contributed by atoms with E-state index in [4.69, 9.17) is 9.47 Å². The number of amides is 1. The SMILES string of the molecule is CC(C)Oc1ccc(C(=O)N2CCC3(CCc4ccccc4O3)CC2)cc1F. The van der Waals surface area contributed by atoms with Gasteiger partial charge in [-0.1, -0.05) is 18.2 Å². The van der Waals surface area contributed by atoms with Crippen LogP contribution < -0.4 is 9.47 Å². The number of halogens is 1. The summed E-state index contributed by atoms with van der Waals surface area (Å²) in [4.78, 5) is 14.6. The van der Waals surface area contributed by atoms with Gasteiger partial charge in [-0.05, 0) is 56.5 Å². The number of para-hydroxylation sites is 1. The summed E-state index contributed by atoms with van der Waals surface area (Å²) in [5.41, 5.74) is 1.43. The van der Waals surface area contributed by atoms with Crippen molar-refractivity contribution in [1.29, 1.82) is 0 Å². The van der Waals surface area contributed by atoms with E-state index in [0.29, 0.717) is 18.7 Å². The Morgan fingerprint density at radius 1 is 1.14 bits per heavy atom. The van der Waals surface area contributed by atoms with Crippen molar-refractivity contribution < 1.29 is 18.7 Å². The average Bonchev–Trinajstić information content (AvgIpc) is 2.69. The van der Waals surface area contributed by atoms with Crippen LogP contribution in [0.25, 0.3) is 0 Å². The molecular formula is C23H26FNO3. The number of hydrogen-bond donors (Lipinski definition) is 0. The number of benzene rings is 2. The van der Waals surface area contributed by atoms with Crippen molar-refractivity contribution in [1.82, 2.24) is 4.90 Å².